The number of aromatic nitrogens is 1. The quantitative estimate of drug-likeness (QED) is 0.0387. The van der Waals surface area contributed by atoms with E-state index in [2.05, 4.69) is 46.4 Å². The van der Waals surface area contributed by atoms with Crippen LogP contribution in [0.15, 0.2) is 64.8 Å². The summed E-state index contributed by atoms with van der Waals surface area (Å²) in [5.41, 5.74) is 1.91. The van der Waals surface area contributed by atoms with Crippen molar-refractivity contribution in [3.8, 4) is 5.75 Å². The number of unbranched alkanes of at least 4 members (excludes halogenated alkanes) is 20. The molecule has 0 radical (unpaired) electrons. The lowest BCUT2D eigenvalue weighted by molar-refractivity contribution is -0.147. The van der Waals surface area contributed by atoms with Gasteiger partial charge in [-0.1, -0.05) is 135 Å². The van der Waals surface area contributed by atoms with E-state index in [-0.39, 0.29) is 18.3 Å². The average molecular weight is 800 g/mol. The molecule has 1 fully saturated rings. The molecule has 0 atom stereocenters. The summed E-state index contributed by atoms with van der Waals surface area (Å²) in [5.74, 6) is 0.490. The maximum absolute atomic E-state index is 12.8. The molecule has 0 aliphatic carbocycles. The molecule has 4 aromatic rings. The maximum atomic E-state index is 12.8. The molecule has 2 aromatic heterocycles. The number of hydrogen-bond donors (Lipinski definition) is 0. The number of carbonyl (C=O) groups excluding carboxylic acids is 1. The summed E-state index contributed by atoms with van der Waals surface area (Å²) in [7, 11) is 0. The lowest BCUT2D eigenvalue weighted by Gasteiger charge is -2.36. The van der Waals surface area contributed by atoms with E-state index in [1.807, 2.05) is 35.6 Å². The van der Waals surface area contributed by atoms with Crippen LogP contribution < -0.4 is 15.2 Å². The summed E-state index contributed by atoms with van der Waals surface area (Å²) in [5, 5.41) is 4.47. The summed E-state index contributed by atoms with van der Waals surface area (Å²) in [6.45, 7) is 8.17. The largest absolute Gasteiger partial charge is 0.494 e. The van der Waals surface area contributed by atoms with E-state index in [4.69, 9.17) is 9.47 Å². The highest BCUT2D eigenvalue weighted by molar-refractivity contribution is 7.17. The van der Waals surface area contributed by atoms with Gasteiger partial charge in [-0.2, -0.15) is 0 Å². The van der Waals surface area contributed by atoms with Crippen molar-refractivity contribution in [1.29, 1.82) is 0 Å². The van der Waals surface area contributed by atoms with Crippen molar-refractivity contribution < 1.29 is 14.3 Å². The van der Waals surface area contributed by atoms with Crippen molar-refractivity contribution in [1.82, 2.24) is 9.47 Å². The van der Waals surface area contributed by atoms with Crippen molar-refractivity contribution in [2.75, 3.05) is 44.2 Å². The SMILES string of the molecule is CCCCCCCCCCCCCCCCCCCCCCC(=O)OCn1c(=O)ccc2ccc(OCCCCN3CCN(c4cccc5sccc45)CC3)cc21. The van der Waals surface area contributed by atoms with Crippen molar-refractivity contribution in [2.24, 2.45) is 0 Å². The molecule has 1 aliphatic heterocycles. The Balaban J connectivity index is 0.869. The molecule has 0 N–H and O–H groups in total. The zero-order valence-electron chi connectivity index (χ0n) is 35.4. The fourth-order valence-electron chi connectivity index (χ4n) is 8.32. The van der Waals surface area contributed by atoms with Gasteiger partial charge >= 0.3 is 5.97 Å². The Morgan fingerprint density at radius 1 is 0.667 bits per heavy atom. The van der Waals surface area contributed by atoms with Crippen LogP contribution in [0.5, 0.6) is 5.75 Å². The highest BCUT2D eigenvalue weighted by Gasteiger charge is 2.18. The van der Waals surface area contributed by atoms with Gasteiger partial charge in [-0.3, -0.25) is 19.1 Å². The van der Waals surface area contributed by atoms with Gasteiger partial charge < -0.3 is 14.4 Å². The number of ether oxygens (including phenoxy) is 2. The number of rotatable bonds is 30. The molecule has 0 spiro atoms. The monoisotopic (exact) mass is 800 g/mol. The van der Waals surface area contributed by atoms with Crippen LogP contribution in [0.2, 0.25) is 0 Å². The molecule has 5 rings (SSSR count). The third kappa shape index (κ3) is 16.1. The normalized spacial score (nSPS) is 13.5. The maximum Gasteiger partial charge on any atom is 0.307 e. The Labute approximate surface area is 348 Å². The molecule has 0 bridgehead atoms. The van der Waals surface area contributed by atoms with Gasteiger partial charge in [0, 0.05) is 60.5 Å². The first-order chi connectivity index (χ1) is 28.1. The van der Waals surface area contributed by atoms with Crippen LogP contribution in [0.1, 0.15) is 155 Å². The Bertz CT molecular complexity index is 1760. The number of pyridine rings is 1. The molecule has 0 saturated carbocycles. The van der Waals surface area contributed by atoms with E-state index in [0.29, 0.717) is 13.0 Å². The van der Waals surface area contributed by atoms with E-state index in [9.17, 15) is 9.59 Å². The third-order valence-corrected chi connectivity index (χ3v) is 12.8. The second kappa shape index (κ2) is 26.6. The van der Waals surface area contributed by atoms with E-state index >= 15 is 0 Å². The number of fused-ring (bicyclic) bond motifs is 2. The molecule has 57 heavy (non-hydrogen) atoms. The standard InChI is InChI=1S/C49H73N3O4S/c1-2-3-4-5-6-7-8-9-10-11-12-13-14-15-16-17-18-19-20-21-27-49(54)56-41-52-46-40-43(30-28-42(46)29-31-48(52)53)55-38-23-22-33-50-34-36-51(37-35-50)45-25-24-26-47-44(45)32-39-57-47/h24-26,28-32,39-40H,2-23,27,33-38,41H2,1H3. The van der Waals surface area contributed by atoms with Gasteiger partial charge in [0.15, 0.2) is 6.73 Å². The number of anilines is 1. The Morgan fingerprint density at radius 3 is 1.93 bits per heavy atom. The van der Waals surface area contributed by atoms with E-state index in [1.54, 1.807) is 0 Å². The van der Waals surface area contributed by atoms with E-state index < -0.39 is 0 Å². The second-order valence-corrected chi connectivity index (χ2v) is 17.4. The summed E-state index contributed by atoms with van der Waals surface area (Å²) in [6, 6.07) is 18.1. The Hall–Kier alpha value is -3.36. The van der Waals surface area contributed by atoms with Crippen LogP contribution in [-0.2, 0) is 16.3 Å². The van der Waals surface area contributed by atoms with Gasteiger partial charge in [0.1, 0.15) is 5.75 Å². The van der Waals surface area contributed by atoms with Gasteiger partial charge in [-0.25, -0.2) is 0 Å². The van der Waals surface area contributed by atoms with Crippen LogP contribution >= 0.6 is 11.3 Å². The molecule has 7 nitrogen and oxygen atoms in total. The number of thiophene rings is 1. The fourth-order valence-corrected chi connectivity index (χ4v) is 9.13. The zero-order chi connectivity index (χ0) is 39.8. The molecule has 8 heteroatoms. The molecule has 0 unspecified atom stereocenters. The molecular formula is C49H73N3O4S. The Morgan fingerprint density at radius 2 is 1.28 bits per heavy atom. The van der Waals surface area contributed by atoms with Crippen molar-refractivity contribution in [2.45, 2.75) is 161 Å². The lowest BCUT2D eigenvalue weighted by Crippen LogP contribution is -2.46. The smallest absolute Gasteiger partial charge is 0.307 e. The second-order valence-electron chi connectivity index (χ2n) is 16.4. The first-order valence-electron chi connectivity index (χ1n) is 23.0. The summed E-state index contributed by atoms with van der Waals surface area (Å²) >= 11 is 1.81. The minimum Gasteiger partial charge on any atom is -0.494 e. The molecular weight excluding hydrogens is 727 g/mol. The van der Waals surface area contributed by atoms with Crippen molar-refractivity contribution >= 4 is 44.0 Å². The molecule has 314 valence electrons. The third-order valence-electron chi connectivity index (χ3n) is 11.9. The van der Waals surface area contributed by atoms with Crippen LogP contribution in [0, 0.1) is 0 Å². The van der Waals surface area contributed by atoms with E-state index in [0.717, 1.165) is 75.1 Å². The highest BCUT2D eigenvalue weighted by atomic mass is 32.1. The number of esters is 1. The number of piperazine rings is 1. The van der Waals surface area contributed by atoms with Crippen molar-refractivity contribution in [3.63, 3.8) is 0 Å². The topological polar surface area (TPSA) is 64.0 Å². The van der Waals surface area contributed by atoms with Gasteiger partial charge in [-0.15, -0.1) is 11.3 Å². The van der Waals surface area contributed by atoms with E-state index in [1.165, 1.54) is 142 Å². The van der Waals surface area contributed by atoms with Gasteiger partial charge in [0.2, 0.25) is 0 Å². The average Bonchev–Trinajstić information content (AvgIpc) is 3.72. The van der Waals surface area contributed by atoms with Crippen molar-refractivity contribution in [3.05, 3.63) is 70.3 Å². The molecule has 2 aromatic carbocycles. The highest BCUT2D eigenvalue weighted by Crippen LogP contribution is 2.31. The molecule has 0 amide bonds. The van der Waals surface area contributed by atoms with Crippen LogP contribution in [-0.4, -0.2) is 54.8 Å². The lowest BCUT2D eigenvalue weighted by atomic mass is 10.0. The van der Waals surface area contributed by atoms with Crippen LogP contribution in [0.4, 0.5) is 5.69 Å². The summed E-state index contributed by atoms with van der Waals surface area (Å²) < 4.78 is 14.6. The number of nitrogens with zero attached hydrogens (tertiary/aromatic N) is 3. The number of carbonyl (C=O) groups is 1. The predicted octanol–water partition coefficient (Wildman–Crippen LogP) is 12.9. The van der Waals surface area contributed by atoms with Gasteiger partial charge in [0.05, 0.1) is 12.1 Å². The summed E-state index contributed by atoms with van der Waals surface area (Å²) in [4.78, 5) is 30.5. The first kappa shape index (κ1) is 44.7. The number of benzene rings is 2. The van der Waals surface area contributed by atoms with Crippen LogP contribution in [0.25, 0.3) is 21.0 Å². The fraction of sp³-hybridized carbons (Fsp3) is 0.633. The minimum absolute atomic E-state index is 0.0761. The summed E-state index contributed by atoms with van der Waals surface area (Å²) in [6.07, 6.45) is 29.1. The first-order valence-corrected chi connectivity index (χ1v) is 23.9. The molecule has 3 heterocycles. The predicted molar refractivity (Wildman–Crippen MR) is 242 cm³/mol. The molecule has 1 saturated heterocycles. The zero-order valence-corrected chi connectivity index (χ0v) is 36.2. The van der Waals surface area contributed by atoms with Gasteiger partial charge in [-0.05, 0) is 73.0 Å². The van der Waals surface area contributed by atoms with Gasteiger partial charge in [0.25, 0.3) is 5.56 Å². The minimum atomic E-state index is -0.241. The molecule has 1 aliphatic rings. The Kier molecular flexibility index (Phi) is 20.9. The number of hydrogen-bond acceptors (Lipinski definition) is 7. The van der Waals surface area contributed by atoms with Crippen LogP contribution in [0.3, 0.4) is 0 Å².